The van der Waals surface area contributed by atoms with Gasteiger partial charge in [0.15, 0.2) is 5.82 Å². The molecule has 0 aliphatic rings. The highest BCUT2D eigenvalue weighted by atomic mass is 32.1. The summed E-state index contributed by atoms with van der Waals surface area (Å²) in [6, 6.07) is 19.0. The normalized spacial score (nSPS) is 10.5. The van der Waals surface area contributed by atoms with Gasteiger partial charge in [-0.25, -0.2) is 0 Å². The first-order valence-electron chi connectivity index (χ1n) is 10.1. The van der Waals surface area contributed by atoms with Gasteiger partial charge in [-0.15, -0.1) is 0 Å². The third-order valence-corrected chi connectivity index (χ3v) is 5.28. The Balaban J connectivity index is 1.28. The van der Waals surface area contributed by atoms with Crippen molar-refractivity contribution in [3.8, 4) is 16.7 Å². The van der Waals surface area contributed by atoms with Crippen LogP contribution in [-0.4, -0.2) is 27.4 Å². The molecule has 2 aromatic heterocycles. The van der Waals surface area contributed by atoms with E-state index >= 15 is 0 Å². The molecular weight excluding hydrogens is 424 g/mol. The van der Waals surface area contributed by atoms with Gasteiger partial charge in [-0.3, -0.25) is 9.78 Å². The molecule has 2 heterocycles. The average Bonchev–Trinajstić information content (AvgIpc) is 3.26. The van der Waals surface area contributed by atoms with Crippen molar-refractivity contribution in [1.82, 2.24) is 19.7 Å². The van der Waals surface area contributed by atoms with E-state index in [0.717, 1.165) is 22.4 Å². The van der Waals surface area contributed by atoms with Gasteiger partial charge < -0.3 is 14.8 Å². The minimum atomic E-state index is -0.0474. The van der Waals surface area contributed by atoms with Crippen molar-refractivity contribution < 1.29 is 14.3 Å². The maximum absolute atomic E-state index is 12.2. The Bertz CT molecular complexity index is 1160. The van der Waals surface area contributed by atoms with Crippen LogP contribution in [0.25, 0.3) is 0 Å². The summed E-state index contributed by atoms with van der Waals surface area (Å²) in [7, 11) is 1.65. The molecule has 8 heteroatoms. The van der Waals surface area contributed by atoms with Crippen LogP contribution in [0.5, 0.6) is 16.7 Å². The molecule has 7 nitrogen and oxygen atoms in total. The highest BCUT2D eigenvalue weighted by Crippen LogP contribution is 2.25. The van der Waals surface area contributed by atoms with Gasteiger partial charge in [0.25, 0.3) is 5.19 Å². The Morgan fingerprint density at radius 1 is 1.00 bits per heavy atom. The molecule has 0 aliphatic heterocycles. The number of aromatic nitrogens is 3. The van der Waals surface area contributed by atoms with Crippen LogP contribution in [-0.2, 0) is 24.2 Å². The summed E-state index contributed by atoms with van der Waals surface area (Å²) in [5.74, 6) is 2.10. The predicted molar refractivity (Wildman–Crippen MR) is 122 cm³/mol. The van der Waals surface area contributed by atoms with Crippen molar-refractivity contribution in [1.29, 1.82) is 0 Å². The number of rotatable bonds is 9. The lowest BCUT2D eigenvalue weighted by molar-refractivity contribution is -0.120. The molecule has 0 unspecified atom stereocenters. The maximum atomic E-state index is 12.2. The number of carbonyl (C=O) groups excluding carboxylic acids is 1. The SMILES string of the molecule is COc1cccc(Cc2nsc(Oc3ccc(CC(=O)NCc4cccnc4)cc3)n2)c1. The van der Waals surface area contributed by atoms with E-state index in [1.807, 2.05) is 60.7 Å². The number of methoxy groups -OCH3 is 1. The van der Waals surface area contributed by atoms with Crippen molar-refractivity contribution >= 4 is 17.4 Å². The topological polar surface area (TPSA) is 86.2 Å². The van der Waals surface area contributed by atoms with E-state index in [4.69, 9.17) is 9.47 Å². The summed E-state index contributed by atoms with van der Waals surface area (Å²) >= 11 is 1.21. The van der Waals surface area contributed by atoms with Gasteiger partial charge in [0.1, 0.15) is 11.5 Å². The van der Waals surface area contributed by atoms with Crippen molar-refractivity contribution in [3.05, 3.63) is 95.6 Å². The second kappa shape index (κ2) is 10.5. The molecule has 4 rings (SSSR count). The van der Waals surface area contributed by atoms with Crippen LogP contribution in [0.4, 0.5) is 0 Å². The van der Waals surface area contributed by atoms with Crippen LogP contribution in [0.15, 0.2) is 73.1 Å². The van der Waals surface area contributed by atoms with Gasteiger partial charge in [0.2, 0.25) is 5.91 Å². The minimum absolute atomic E-state index is 0.0474. The summed E-state index contributed by atoms with van der Waals surface area (Å²) < 4.78 is 15.4. The standard InChI is InChI=1S/C24H22N4O3S/c1-30-21-6-2-4-18(12-21)13-22-27-24(32-28-22)31-20-9-7-17(8-10-20)14-23(29)26-16-19-5-3-11-25-15-19/h2-12,15H,13-14,16H2,1H3,(H,26,29). The molecule has 32 heavy (non-hydrogen) atoms. The van der Waals surface area contributed by atoms with E-state index in [9.17, 15) is 4.79 Å². The number of nitrogens with zero attached hydrogens (tertiary/aromatic N) is 3. The third-order valence-electron chi connectivity index (χ3n) is 4.65. The predicted octanol–water partition coefficient (Wildman–Crippen LogP) is 4.18. The van der Waals surface area contributed by atoms with E-state index < -0.39 is 0 Å². The number of carbonyl (C=O) groups is 1. The summed E-state index contributed by atoms with van der Waals surface area (Å²) in [4.78, 5) is 20.7. The summed E-state index contributed by atoms with van der Waals surface area (Å²) in [5, 5.41) is 3.37. The molecule has 2 aromatic carbocycles. The first kappa shape index (κ1) is 21.5. The Morgan fingerprint density at radius 2 is 1.84 bits per heavy atom. The number of amides is 1. The fourth-order valence-electron chi connectivity index (χ4n) is 3.04. The summed E-state index contributed by atoms with van der Waals surface area (Å²) in [6.45, 7) is 0.461. The second-order valence-corrected chi connectivity index (χ2v) is 7.78. The van der Waals surface area contributed by atoms with Crippen molar-refractivity contribution in [3.63, 3.8) is 0 Å². The number of pyridine rings is 1. The molecule has 0 spiro atoms. The molecule has 0 saturated carbocycles. The van der Waals surface area contributed by atoms with E-state index in [1.165, 1.54) is 11.5 Å². The number of ether oxygens (including phenoxy) is 2. The van der Waals surface area contributed by atoms with Gasteiger partial charge >= 0.3 is 0 Å². The fourth-order valence-corrected chi connectivity index (χ4v) is 3.61. The van der Waals surface area contributed by atoms with Gasteiger partial charge in [-0.2, -0.15) is 9.36 Å². The Morgan fingerprint density at radius 3 is 2.62 bits per heavy atom. The van der Waals surface area contributed by atoms with E-state index in [-0.39, 0.29) is 5.91 Å². The van der Waals surface area contributed by atoms with Crippen LogP contribution < -0.4 is 14.8 Å². The monoisotopic (exact) mass is 446 g/mol. The summed E-state index contributed by atoms with van der Waals surface area (Å²) in [6.07, 6.45) is 4.34. The molecule has 1 amide bonds. The first-order valence-corrected chi connectivity index (χ1v) is 10.8. The second-order valence-electron chi connectivity index (χ2n) is 7.07. The van der Waals surface area contributed by atoms with Crippen molar-refractivity contribution in [2.24, 2.45) is 0 Å². The largest absolute Gasteiger partial charge is 0.497 e. The Kier molecular flexibility index (Phi) is 7.04. The van der Waals surface area contributed by atoms with Gasteiger partial charge in [0, 0.05) is 36.9 Å². The number of hydrogen-bond acceptors (Lipinski definition) is 7. The molecular formula is C24H22N4O3S. The minimum Gasteiger partial charge on any atom is -0.497 e. The quantitative estimate of drug-likeness (QED) is 0.415. The number of benzene rings is 2. The molecule has 0 radical (unpaired) electrons. The van der Waals surface area contributed by atoms with Gasteiger partial charge in [0.05, 0.1) is 13.5 Å². The van der Waals surface area contributed by atoms with Crippen LogP contribution >= 0.6 is 11.5 Å². The van der Waals surface area contributed by atoms with E-state index in [2.05, 4.69) is 19.7 Å². The molecule has 162 valence electrons. The highest BCUT2D eigenvalue weighted by Gasteiger charge is 2.09. The number of nitrogens with one attached hydrogen (secondary N) is 1. The molecule has 1 N–H and O–H groups in total. The van der Waals surface area contributed by atoms with Crippen LogP contribution in [0.3, 0.4) is 0 Å². The maximum Gasteiger partial charge on any atom is 0.298 e. The molecule has 0 fully saturated rings. The Labute approximate surface area is 190 Å². The lowest BCUT2D eigenvalue weighted by Gasteiger charge is -2.06. The molecule has 0 aliphatic carbocycles. The molecule has 0 atom stereocenters. The van der Waals surface area contributed by atoms with Crippen LogP contribution in [0, 0.1) is 0 Å². The zero-order valence-corrected chi connectivity index (χ0v) is 18.3. The Hall–Kier alpha value is -3.78. The van der Waals surface area contributed by atoms with E-state index in [0.29, 0.717) is 36.2 Å². The zero-order chi connectivity index (χ0) is 22.2. The van der Waals surface area contributed by atoms with E-state index in [1.54, 1.807) is 19.5 Å². The number of hydrogen-bond donors (Lipinski definition) is 1. The lowest BCUT2D eigenvalue weighted by Crippen LogP contribution is -2.24. The summed E-state index contributed by atoms with van der Waals surface area (Å²) in [5.41, 5.74) is 2.93. The van der Waals surface area contributed by atoms with Crippen molar-refractivity contribution in [2.75, 3.05) is 7.11 Å². The van der Waals surface area contributed by atoms with Gasteiger partial charge in [-0.1, -0.05) is 30.3 Å². The smallest absolute Gasteiger partial charge is 0.298 e. The average molecular weight is 447 g/mol. The van der Waals surface area contributed by atoms with Gasteiger partial charge in [-0.05, 0) is 47.0 Å². The highest BCUT2D eigenvalue weighted by molar-refractivity contribution is 7.07. The lowest BCUT2D eigenvalue weighted by atomic mass is 10.1. The molecule has 0 bridgehead atoms. The third kappa shape index (κ3) is 6.12. The first-order chi connectivity index (χ1) is 15.7. The fraction of sp³-hybridized carbons (Fsp3) is 0.167. The van der Waals surface area contributed by atoms with Crippen LogP contribution in [0.1, 0.15) is 22.5 Å². The molecule has 0 saturated heterocycles. The van der Waals surface area contributed by atoms with Crippen molar-refractivity contribution in [2.45, 2.75) is 19.4 Å². The van der Waals surface area contributed by atoms with Crippen LogP contribution in [0.2, 0.25) is 0 Å². The zero-order valence-electron chi connectivity index (χ0n) is 17.5. The molecule has 4 aromatic rings.